The largest absolute Gasteiger partial charge is 0.385 e. The minimum Gasteiger partial charge on any atom is -0.385 e. The van der Waals surface area contributed by atoms with Gasteiger partial charge in [-0.05, 0) is 38.9 Å². The van der Waals surface area contributed by atoms with E-state index in [0.717, 1.165) is 58.1 Å². The number of benzene rings is 1. The van der Waals surface area contributed by atoms with Gasteiger partial charge in [0, 0.05) is 39.9 Å². The SMILES string of the molecule is CCNC(=NCCCOC)NCCCN(C)Cc1ccccc1.I. The molecule has 0 aromatic heterocycles. The number of nitrogens with one attached hydrogen (secondary N) is 2. The molecule has 0 spiro atoms. The number of ether oxygens (including phenoxy) is 1. The van der Waals surface area contributed by atoms with Gasteiger partial charge in [0.15, 0.2) is 5.96 Å². The Hall–Kier alpha value is -0.860. The van der Waals surface area contributed by atoms with Crippen LogP contribution in [0.4, 0.5) is 0 Å². The van der Waals surface area contributed by atoms with Crippen LogP contribution in [0.5, 0.6) is 0 Å². The number of halogens is 1. The Labute approximate surface area is 164 Å². The summed E-state index contributed by atoms with van der Waals surface area (Å²) in [6.45, 7) is 7.49. The summed E-state index contributed by atoms with van der Waals surface area (Å²) in [6.07, 6.45) is 2.04. The Morgan fingerprint density at radius 2 is 1.92 bits per heavy atom. The van der Waals surface area contributed by atoms with Crippen molar-refractivity contribution < 1.29 is 4.74 Å². The van der Waals surface area contributed by atoms with Crippen LogP contribution in [0.3, 0.4) is 0 Å². The lowest BCUT2D eigenvalue weighted by Crippen LogP contribution is -2.38. The molecule has 0 bridgehead atoms. The average Bonchev–Trinajstić information content (AvgIpc) is 2.56. The first-order chi connectivity index (χ1) is 11.3. The highest BCUT2D eigenvalue weighted by Gasteiger charge is 2.01. The van der Waals surface area contributed by atoms with E-state index >= 15 is 0 Å². The highest BCUT2D eigenvalue weighted by molar-refractivity contribution is 14.0. The summed E-state index contributed by atoms with van der Waals surface area (Å²) in [5.41, 5.74) is 1.36. The molecule has 0 unspecified atom stereocenters. The van der Waals surface area contributed by atoms with Gasteiger partial charge in [0.1, 0.15) is 0 Å². The molecule has 1 aromatic rings. The van der Waals surface area contributed by atoms with Gasteiger partial charge in [0.05, 0.1) is 0 Å². The Bertz CT molecular complexity index is 428. The quantitative estimate of drug-likeness (QED) is 0.237. The van der Waals surface area contributed by atoms with Crippen molar-refractivity contribution in [3.63, 3.8) is 0 Å². The third kappa shape index (κ3) is 11.6. The molecular weight excluding hydrogens is 415 g/mol. The number of hydrogen-bond acceptors (Lipinski definition) is 3. The molecule has 0 aliphatic carbocycles. The number of nitrogens with zero attached hydrogens (tertiary/aromatic N) is 2. The highest BCUT2D eigenvalue weighted by atomic mass is 127. The van der Waals surface area contributed by atoms with Gasteiger partial charge in [-0.15, -0.1) is 24.0 Å². The highest BCUT2D eigenvalue weighted by Crippen LogP contribution is 2.02. The van der Waals surface area contributed by atoms with Gasteiger partial charge in [0.25, 0.3) is 0 Å². The summed E-state index contributed by atoms with van der Waals surface area (Å²) < 4.78 is 5.04. The topological polar surface area (TPSA) is 48.9 Å². The lowest BCUT2D eigenvalue weighted by atomic mass is 10.2. The number of methoxy groups -OCH3 is 1. The summed E-state index contributed by atoms with van der Waals surface area (Å²) in [4.78, 5) is 6.88. The Balaban J connectivity index is 0.00000529. The third-order valence-corrected chi connectivity index (χ3v) is 3.43. The van der Waals surface area contributed by atoms with Crippen LogP contribution < -0.4 is 10.6 Å². The fourth-order valence-electron chi connectivity index (χ4n) is 2.27. The molecule has 0 radical (unpaired) electrons. The summed E-state index contributed by atoms with van der Waals surface area (Å²) in [7, 11) is 3.89. The summed E-state index contributed by atoms with van der Waals surface area (Å²) >= 11 is 0. The molecule has 0 aliphatic rings. The van der Waals surface area contributed by atoms with Crippen molar-refractivity contribution in [3.8, 4) is 0 Å². The van der Waals surface area contributed by atoms with Gasteiger partial charge >= 0.3 is 0 Å². The predicted octanol–water partition coefficient (Wildman–Crippen LogP) is 2.72. The van der Waals surface area contributed by atoms with Gasteiger partial charge in [-0.3, -0.25) is 4.99 Å². The molecule has 0 aliphatic heterocycles. The fourth-order valence-corrected chi connectivity index (χ4v) is 2.27. The molecule has 0 amide bonds. The van der Waals surface area contributed by atoms with Crippen LogP contribution in [0.25, 0.3) is 0 Å². The zero-order chi connectivity index (χ0) is 16.8. The maximum Gasteiger partial charge on any atom is 0.191 e. The standard InChI is InChI=1S/C18H32N4O.HI/c1-4-19-18(21-13-9-15-23-3)20-12-8-14-22(2)16-17-10-6-5-7-11-17;/h5-7,10-11H,4,8-9,12-16H2,1-3H3,(H2,19,20,21);1H. The minimum atomic E-state index is 0. The van der Waals surface area contributed by atoms with E-state index in [1.54, 1.807) is 7.11 Å². The summed E-state index contributed by atoms with van der Waals surface area (Å²) in [5.74, 6) is 0.898. The van der Waals surface area contributed by atoms with E-state index in [1.165, 1.54) is 5.56 Å². The second-order valence-corrected chi connectivity index (χ2v) is 5.61. The average molecular weight is 448 g/mol. The first kappa shape index (κ1) is 23.1. The number of aliphatic imine (C=N–C) groups is 1. The third-order valence-electron chi connectivity index (χ3n) is 3.43. The van der Waals surface area contributed by atoms with Crippen LogP contribution >= 0.6 is 24.0 Å². The number of rotatable bonds is 11. The molecule has 138 valence electrons. The van der Waals surface area contributed by atoms with E-state index in [0.29, 0.717) is 0 Å². The van der Waals surface area contributed by atoms with Gasteiger partial charge in [-0.25, -0.2) is 0 Å². The Morgan fingerprint density at radius 3 is 2.58 bits per heavy atom. The Kier molecular flexibility index (Phi) is 15.1. The first-order valence-electron chi connectivity index (χ1n) is 8.49. The number of hydrogen-bond donors (Lipinski definition) is 2. The smallest absolute Gasteiger partial charge is 0.191 e. The van der Waals surface area contributed by atoms with Crippen molar-refractivity contribution in [2.75, 3.05) is 46.9 Å². The maximum atomic E-state index is 5.04. The lowest BCUT2D eigenvalue weighted by molar-refractivity contribution is 0.197. The van der Waals surface area contributed by atoms with Crippen molar-refractivity contribution in [1.29, 1.82) is 0 Å². The van der Waals surface area contributed by atoms with Crippen molar-refractivity contribution >= 4 is 29.9 Å². The van der Waals surface area contributed by atoms with E-state index in [2.05, 4.69) is 64.8 Å². The van der Waals surface area contributed by atoms with Crippen molar-refractivity contribution in [1.82, 2.24) is 15.5 Å². The van der Waals surface area contributed by atoms with Crippen molar-refractivity contribution in [2.45, 2.75) is 26.3 Å². The zero-order valence-corrected chi connectivity index (χ0v) is 17.6. The van der Waals surface area contributed by atoms with E-state index in [1.807, 2.05) is 0 Å². The van der Waals surface area contributed by atoms with Gasteiger partial charge in [-0.2, -0.15) is 0 Å². The predicted molar refractivity (Wildman–Crippen MR) is 113 cm³/mol. The molecule has 24 heavy (non-hydrogen) atoms. The second kappa shape index (κ2) is 15.7. The molecule has 0 fully saturated rings. The van der Waals surface area contributed by atoms with E-state index in [4.69, 9.17) is 4.74 Å². The first-order valence-corrected chi connectivity index (χ1v) is 8.49. The van der Waals surface area contributed by atoms with Crippen LogP contribution in [0.1, 0.15) is 25.3 Å². The van der Waals surface area contributed by atoms with E-state index in [-0.39, 0.29) is 24.0 Å². The molecular formula is C18H33IN4O. The minimum absolute atomic E-state index is 0. The van der Waals surface area contributed by atoms with E-state index in [9.17, 15) is 0 Å². The maximum absolute atomic E-state index is 5.04. The van der Waals surface area contributed by atoms with Crippen LogP contribution in [-0.4, -0.2) is 57.8 Å². The van der Waals surface area contributed by atoms with Gasteiger partial charge < -0.3 is 20.3 Å². The fraction of sp³-hybridized carbons (Fsp3) is 0.611. The van der Waals surface area contributed by atoms with Gasteiger partial charge in [-0.1, -0.05) is 30.3 Å². The van der Waals surface area contributed by atoms with Crippen LogP contribution in [0.2, 0.25) is 0 Å². The molecule has 0 atom stereocenters. The molecule has 1 rings (SSSR count). The molecule has 0 heterocycles. The second-order valence-electron chi connectivity index (χ2n) is 5.61. The lowest BCUT2D eigenvalue weighted by Gasteiger charge is -2.17. The summed E-state index contributed by atoms with van der Waals surface area (Å²) in [5, 5.41) is 6.66. The molecule has 5 nitrogen and oxygen atoms in total. The monoisotopic (exact) mass is 448 g/mol. The van der Waals surface area contributed by atoms with Crippen LogP contribution in [0.15, 0.2) is 35.3 Å². The molecule has 0 saturated carbocycles. The number of guanidine groups is 1. The van der Waals surface area contributed by atoms with Crippen molar-refractivity contribution in [3.05, 3.63) is 35.9 Å². The molecule has 2 N–H and O–H groups in total. The molecule has 6 heteroatoms. The Morgan fingerprint density at radius 1 is 1.17 bits per heavy atom. The summed E-state index contributed by atoms with van der Waals surface area (Å²) in [6, 6.07) is 10.6. The molecule has 1 aromatic carbocycles. The normalized spacial score (nSPS) is 11.2. The molecule has 0 saturated heterocycles. The van der Waals surface area contributed by atoms with Gasteiger partial charge in [0.2, 0.25) is 0 Å². The van der Waals surface area contributed by atoms with Crippen LogP contribution in [0, 0.1) is 0 Å². The van der Waals surface area contributed by atoms with E-state index < -0.39 is 0 Å². The van der Waals surface area contributed by atoms with Crippen LogP contribution in [-0.2, 0) is 11.3 Å². The van der Waals surface area contributed by atoms with Crippen molar-refractivity contribution in [2.24, 2.45) is 4.99 Å². The zero-order valence-electron chi connectivity index (χ0n) is 15.3.